The topological polar surface area (TPSA) is 75.6 Å². The number of amides is 1. The summed E-state index contributed by atoms with van der Waals surface area (Å²) in [5, 5.41) is 14.1. The van der Waals surface area contributed by atoms with Crippen molar-refractivity contribution in [2.75, 3.05) is 5.32 Å². The van der Waals surface area contributed by atoms with Gasteiger partial charge in [-0.2, -0.15) is 0 Å². The van der Waals surface area contributed by atoms with Gasteiger partial charge in [0, 0.05) is 24.1 Å². The monoisotopic (exact) mass is 405 g/mol. The normalized spacial score (nSPS) is 14.7. The average molecular weight is 405 g/mol. The van der Waals surface area contributed by atoms with Crippen LogP contribution in [-0.4, -0.2) is 22.6 Å². The Morgan fingerprint density at radius 2 is 1.93 bits per heavy atom. The van der Waals surface area contributed by atoms with Gasteiger partial charge >= 0.3 is 5.97 Å². The van der Waals surface area contributed by atoms with Crippen molar-refractivity contribution in [1.29, 1.82) is 0 Å². The van der Waals surface area contributed by atoms with Crippen LogP contribution in [0.2, 0.25) is 0 Å². The van der Waals surface area contributed by atoms with Gasteiger partial charge in [-0.15, -0.1) is 0 Å². The Kier molecular flexibility index (Phi) is 6.28. The summed E-state index contributed by atoms with van der Waals surface area (Å²) in [5.41, 5.74) is 0.373. The number of cyclic esters (lactones) is 1. The number of esters is 1. The number of anilines is 1. The standard InChI is InChI=1S/C25H27NO4/c1-4-5-9-14-25(29,17-24(2,3)19-10-7-6-8-11-19)23(28)26-20-12-13-21-18(15-20)16-30-22(21)27/h6-8,10-13,15,29H,4-5,16-17H2,1-3H3,(H,26,28). The number of aliphatic hydroxyl groups is 1. The number of hydrogen-bond acceptors (Lipinski definition) is 4. The van der Waals surface area contributed by atoms with E-state index in [1.165, 1.54) is 0 Å². The Morgan fingerprint density at radius 3 is 2.63 bits per heavy atom. The van der Waals surface area contributed by atoms with Crippen LogP contribution < -0.4 is 5.32 Å². The molecule has 1 atom stereocenters. The molecule has 1 aliphatic heterocycles. The second-order valence-corrected chi connectivity index (χ2v) is 8.24. The van der Waals surface area contributed by atoms with E-state index in [9.17, 15) is 14.7 Å². The lowest BCUT2D eigenvalue weighted by Crippen LogP contribution is -2.46. The molecule has 1 aliphatic rings. The fourth-order valence-electron chi connectivity index (χ4n) is 3.59. The lowest BCUT2D eigenvalue weighted by atomic mass is 9.75. The molecule has 2 aromatic carbocycles. The maximum absolute atomic E-state index is 13.1. The van der Waals surface area contributed by atoms with Crippen molar-refractivity contribution in [3.05, 3.63) is 65.2 Å². The first-order chi connectivity index (χ1) is 14.2. The van der Waals surface area contributed by atoms with Crippen LogP contribution in [-0.2, 0) is 21.6 Å². The molecule has 1 unspecified atom stereocenters. The molecule has 0 aliphatic carbocycles. The van der Waals surface area contributed by atoms with Crippen molar-refractivity contribution in [1.82, 2.24) is 0 Å². The van der Waals surface area contributed by atoms with E-state index in [-0.39, 0.29) is 19.0 Å². The van der Waals surface area contributed by atoms with Crippen molar-refractivity contribution in [2.45, 2.75) is 57.7 Å². The number of carbonyl (C=O) groups is 2. The third-order valence-electron chi connectivity index (χ3n) is 5.24. The largest absolute Gasteiger partial charge is 0.457 e. The second-order valence-electron chi connectivity index (χ2n) is 8.24. The van der Waals surface area contributed by atoms with Gasteiger partial charge in [0.15, 0.2) is 0 Å². The van der Waals surface area contributed by atoms with Gasteiger partial charge in [0.2, 0.25) is 5.60 Å². The highest BCUT2D eigenvalue weighted by molar-refractivity contribution is 6.00. The van der Waals surface area contributed by atoms with Crippen molar-refractivity contribution in [3.8, 4) is 11.8 Å². The number of carbonyl (C=O) groups excluding carboxylic acids is 2. The lowest BCUT2D eigenvalue weighted by Gasteiger charge is -2.32. The molecule has 0 spiro atoms. The van der Waals surface area contributed by atoms with Gasteiger partial charge in [0.1, 0.15) is 6.61 Å². The molecule has 0 fully saturated rings. The summed E-state index contributed by atoms with van der Waals surface area (Å²) in [7, 11) is 0. The van der Waals surface area contributed by atoms with E-state index in [2.05, 4.69) is 17.2 Å². The third-order valence-corrected chi connectivity index (χ3v) is 5.24. The first kappa shape index (κ1) is 21.6. The molecule has 1 amide bonds. The Hall–Kier alpha value is -3.10. The zero-order valence-electron chi connectivity index (χ0n) is 17.6. The van der Waals surface area contributed by atoms with Crippen LogP contribution in [0.3, 0.4) is 0 Å². The molecule has 2 N–H and O–H groups in total. The number of rotatable bonds is 6. The molecule has 0 saturated heterocycles. The third kappa shape index (κ3) is 4.72. The van der Waals surface area contributed by atoms with Crippen molar-refractivity contribution in [2.24, 2.45) is 0 Å². The summed E-state index contributed by atoms with van der Waals surface area (Å²) in [5.74, 6) is 4.81. The fraction of sp³-hybridized carbons (Fsp3) is 0.360. The molecule has 0 bridgehead atoms. The quantitative estimate of drug-likeness (QED) is 0.558. The summed E-state index contributed by atoms with van der Waals surface area (Å²) < 4.78 is 5.01. The van der Waals surface area contributed by atoms with E-state index in [1.807, 2.05) is 51.1 Å². The van der Waals surface area contributed by atoms with E-state index in [1.54, 1.807) is 18.2 Å². The predicted octanol–water partition coefficient (Wildman–Crippen LogP) is 4.20. The summed E-state index contributed by atoms with van der Waals surface area (Å²) in [6, 6.07) is 14.7. The number of benzene rings is 2. The summed E-state index contributed by atoms with van der Waals surface area (Å²) in [6.07, 6.45) is 1.57. The number of hydrogen-bond donors (Lipinski definition) is 2. The molecule has 0 saturated carbocycles. The number of nitrogens with one attached hydrogen (secondary N) is 1. The minimum absolute atomic E-state index is 0.138. The zero-order valence-corrected chi connectivity index (χ0v) is 17.6. The van der Waals surface area contributed by atoms with Crippen LogP contribution in [0.25, 0.3) is 0 Å². The maximum Gasteiger partial charge on any atom is 0.338 e. The molecule has 0 aromatic heterocycles. The van der Waals surface area contributed by atoms with Crippen LogP contribution in [0.15, 0.2) is 48.5 Å². The van der Waals surface area contributed by atoms with Gasteiger partial charge in [-0.25, -0.2) is 4.79 Å². The Balaban J connectivity index is 1.86. The van der Waals surface area contributed by atoms with Gasteiger partial charge < -0.3 is 15.2 Å². The van der Waals surface area contributed by atoms with Gasteiger partial charge in [0.05, 0.1) is 5.56 Å². The molecule has 0 radical (unpaired) electrons. The molecule has 156 valence electrons. The number of ether oxygens (including phenoxy) is 1. The maximum atomic E-state index is 13.1. The molecular weight excluding hydrogens is 378 g/mol. The minimum atomic E-state index is -1.86. The highest BCUT2D eigenvalue weighted by Crippen LogP contribution is 2.33. The van der Waals surface area contributed by atoms with Crippen LogP contribution in [0.5, 0.6) is 0 Å². The highest BCUT2D eigenvalue weighted by Gasteiger charge is 2.41. The van der Waals surface area contributed by atoms with Gasteiger partial charge in [-0.1, -0.05) is 62.9 Å². The second kappa shape index (κ2) is 8.73. The average Bonchev–Trinajstić information content (AvgIpc) is 3.08. The molecule has 5 nitrogen and oxygen atoms in total. The summed E-state index contributed by atoms with van der Waals surface area (Å²) in [6.45, 7) is 6.15. The summed E-state index contributed by atoms with van der Waals surface area (Å²) >= 11 is 0. The van der Waals surface area contributed by atoms with Gasteiger partial charge in [-0.3, -0.25) is 4.79 Å². The molecule has 30 heavy (non-hydrogen) atoms. The molecular formula is C25H27NO4. The molecule has 3 rings (SSSR count). The van der Waals surface area contributed by atoms with Crippen LogP contribution in [0.4, 0.5) is 5.69 Å². The summed E-state index contributed by atoms with van der Waals surface area (Å²) in [4.78, 5) is 24.8. The van der Waals surface area contributed by atoms with E-state index in [0.717, 1.165) is 12.0 Å². The van der Waals surface area contributed by atoms with E-state index < -0.39 is 16.9 Å². The van der Waals surface area contributed by atoms with E-state index in [4.69, 9.17) is 4.74 Å². The first-order valence-electron chi connectivity index (χ1n) is 10.1. The molecule has 1 heterocycles. The SMILES string of the molecule is CCCC#CC(O)(CC(C)(C)c1ccccc1)C(=O)Nc1ccc2c(c1)COC2=O. The predicted molar refractivity (Wildman–Crippen MR) is 116 cm³/mol. The smallest absolute Gasteiger partial charge is 0.338 e. The molecule has 2 aromatic rings. The lowest BCUT2D eigenvalue weighted by molar-refractivity contribution is -0.130. The first-order valence-corrected chi connectivity index (χ1v) is 10.1. The van der Waals surface area contributed by atoms with Crippen LogP contribution in [0, 0.1) is 11.8 Å². The minimum Gasteiger partial charge on any atom is -0.457 e. The van der Waals surface area contributed by atoms with Crippen molar-refractivity contribution in [3.63, 3.8) is 0 Å². The highest BCUT2D eigenvalue weighted by atomic mass is 16.5. The van der Waals surface area contributed by atoms with Crippen molar-refractivity contribution < 1.29 is 19.4 Å². The van der Waals surface area contributed by atoms with Crippen molar-refractivity contribution >= 4 is 17.6 Å². The van der Waals surface area contributed by atoms with Gasteiger partial charge in [-0.05, 0) is 35.6 Å². The Morgan fingerprint density at radius 1 is 1.20 bits per heavy atom. The number of fused-ring (bicyclic) bond motifs is 1. The fourth-order valence-corrected chi connectivity index (χ4v) is 3.59. The number of unbranched alkanes of at least 4 members (excludes halogenated alkanes) is 1. The van der Waals surface area contributed by atoms with E-state index in [0.29, 0.717) is 23.2 Å². The van der Waals surface area contributed by atoms with E-state index >= 15 is 0 Å². The molecule has 5 heteroatoms. The van der Waals surface area contributed by atoms with Crippen LogP contribution >= 0.6 is 0 Å². The van der Waals surface area contributed by atoms with Gasteiger partial charge in [0.25, 0.3) is 5.91 Å². The Bertz CT molecular complexity index is 1000. The van der Waals surface area contributed by atoms with Crippen LogP contribution in [0.1, 0.15) is 61.5 Å². The Labute approximate surface area is 177 Å². The zero-order chi connectivity index (χ0) is 21.8.